The predicted octanol–water partition coefficient (Wildman–Crippen LogP) is 3.61. The fraction of sp³-hybridized carbons (Fsp3) is 0.143. The van der Waals surface area contributed by atoms with Crippen molar-refractivity contribution < 1.29 is 0 Å². The lowest BCUT2D eigenvalue weighted by Gasteiger charge is -1.97. The van der Waals surface area contributed by atoms with Crippen molar-refractivity contribution in [2.75, 3.05) is 0 Å². The van der Waals surface area contributed by atoms with Gasteiger partial charge in [-0.15, -0.1) is 0 Å². The molecule has 0 spiro atoms. The summed E-state index contributed by atoms with van der Waals surface area (Å²) in [6, 6.07) is 8.71. The predicted molar refractivity (Wildman–Crippen MR) is 64.7 cm³/mol. The summed E-state index contributed by atoms with van der Waals surface area (Å²) in [4.78, 5) is 0. The zero-order valence-electron chi connectivity index (χ0n) is 8.77. The van der Waals surface area contributed by atoms with E-state index in [-0.39, 0.29) is 0 Å². The van der Waals surface area contributed by atoms with Crippen molar-refractivity contribution in [3.8, 4) is 0 Å². The van der Waals surface area contributed by atoms with Gasteiger partial charge in [0.1, 0.15) is 0 Å². The van der Waals surface area contributed by atoms with Crippen LogP contribution in [0.15, 0.2) is 48.7 Å². The number of allylic oxidation sites excluding steroid dienone is 4. The highest BCUT2D eigenvalue weighted by atomic mass is 15.0. The molecule has 0 N–H and O–H groups in total. The third kappa shape index (κ3) is 1.16. The summed E-state index contributed by atoms with van der Waals surface area (Å²) in [5, 5.41) is 1.34. The molecule has 0 fully saturated rings. The van der Waals surface area contributed by atoms with E-state index < -0.39 is 0 Å². The molecule has 74 valence electrons. The maximum atomic E-state index is 2.32. The van der Waals surface area contributed by atoms with E-state index in [4.69, 9.17) is 0 Å². The van der Waals surface area contributed by atoms with Crippen LogP contribution in [-0.4, -0.2) is 4.57 Å². The SMILES string of the molecule is C/C=C\C=C1/Cn2ccc3cccc1c32. The molecule has 0 bridgehead atoms. The number of aromatic nitrogens is 1. The number of hydrogen-bond donors (Lipinski definition) is 0. The monoisotopic (exact) mass is 195 g/mol. The van der Waals surface area contributed by atoms with Crippen molar-refractivity contribution in [2.24, 2.45) is 0 Å². The van der Waals surface area contributed by atoms with Gasteiger partial charge in [0.2, 0.25) is 0 Å². The van der Waals surface area contributed by atoms with Crippen LogP contribution in [0.3, 0.4) is 0 Å². The normalized spacial score (nSPS) is 17.3. The molecule has 0 aliphatic carbocycles. The second-order valence-electron chi connectivity index (χ2n) is 3.90. The second kappa shape index (κ2) is 3.13. The molecular formula is C14H13N. The van der Waals surface area contributed by atoms with E-state index in [9.17, 15) is 0 Å². The molecule has 1 nitrogen and oxygen atoms in total. The van der Waals surface area contributed by atoms with Gasteiger partial charge in [-0.3, -0.25) is 0 Å². The number of para-hydroxylation sites is 1. The Kier molecular flexibility index (Phi) is 1.78. The highest BCUT2D eigenvalue weighted by molar-refractivity contribution is 5.95. The quantitative estimate of drug-likeness (QED) is 0.655. The molecule has 3 rings (SSSR count). The molecule has 2 aromatic rings. The first-order valence-corrected chi connectivity index (χ1v) is 5.30. The van der Waals surface area contributed by atoms with Crippen LogP contribution in [0.25, 0.3) is 16.5 Å². The van der Waals surface area contributed by atoms with E-state index in [1.807, 2.05) is 6.92 Å². The topological polar surface area (TPSA) is 4.93 Å². The molecule has 2 heterocycles. The molecule has 0 amide bonds. The lowest BCUT2D eigenvalue weighted by Crippen LogP contribution is -1.87. The molecule has 1 aliphatic rings. The van der Waals surface area contributed by atoms with Gasteiger partial charge in [0, 0.05) is 23.7 Å². The van der Waals surface area contributed by atoms with Crippen molar-refractivity contribution in [3.05, 3.63) is 54.3 Å². The van der Waals surface area contributed by atoms with Crippen LogP contribution in [0.1, 0.15) is 12.5 Å². The summed E-state index contributed by atoms with van der Waals surface area (Å²) in [5.41, 5.74) is 4.18. The second-order valence-corrected chi connectivity index (χ2v) is 3.90. The van der Waals surface area contributed by atoms with E-state index in [0.717, 1.165) is 6.54 Å². The maximum Gasteiger partial charge on any atom is 0.0560 e. The lowest BCUT2D eigenvalue weighted by atomic mass is 10.1. The Labute approximate surface area is 89.3 Å². The Morgan fingerprint density at radius 2 is 2.20 bits per heavy atom. The van der Waals surface area contributed by atoms with Crippen molar-refractivity contribution in [3.63, 3.8) is 0 Å². The number of benzene rings is 1. The van der Waals surface area contributed by atoms with Gasteiger partial charge in [0.05, 0.1) is 5.52 Å². The number of hydrogen-bond acceptors (Lipinski definition) is 0. The Hall–Kier alpha value is -1.76. The Bertz CT molecular complexity index is 570. The van der Waals surface area contributed by atoms with Gasteiger partial charge in [-0.2, -0.15) is 0 Å². The average molecular weight is 195 g/mol. The molecule has 1 aromatic carbocycles. The van der Waals surface area contributed by atoms with E-state index in [0.29, 0.717) is 0 Å². The molecule has 0 radical (unpaired) electrons. The van der Waals surface area contributed by atoms with Gasteiger partial charge >= 0.3 is 0 Å². The van der Waals surface area contributed by atoms with Crippen molar-refractivity contribution in [2.45, 2.75) is 13.5 Å². The smallest absolute Gasteiger partial charge is 0.0560 e. The molecular weight excluding hydrogens is 182 g/mol. The minimum atomic E-state index is 1.01. The maximum absolute atomic E-state index is 2.32. The van der Waals surface area contributed by atoms with E-state index in [1.165, 1.54) is 22.0 Å². The van der Waals surface area contributed by atoms with Gasteiger partial charge in [0.15, 0.2) is 0 Å². The minimum absolute atomic E-state index is 1.01. The van der Waals surface area contributed by atoms with Gasteiger partial charge in [-0.1, -0.05) is 36.4 Å². The average Bonchev–Trinajstić information content (AvgIpc) is 2.82. The third-order valence-corrected chi connectivity index (χ3v) is 2.96. The summed E-state index contributed by atoms with van der Waals surface area (Å²) < 4.78 is 2.32. The summed E-state index contributed by atoms with van der Waals surface area (Å²) >= 11 is 0. The number of nitrogens with zero attached hydrogens (tertiary/aromatic N) is 1. The molecule has 0 atom stereocenters. The number of rotatable bonds is 1. The van der Waals surface area contributed by atoms with Crippen molar-refractivity contribution in [1.82, 2.24) is 4.57 Å². The van der Waals surface area contributed by atoms with Crippen LogP contribution in [0.2, 0.25) is 0 Å². The summed E-state index contributed by atoms with van der Waals surface area (Å²) in [6.45, 7) is 3.06. The largest absolute Gasteiger partial charge is 0.343 e. The van der Waals surface area contributed by atoms with Crippen LogP contribution < -0.4 is 0 Å². The van der Waals surface area contributed by atoms with E-state index in [2.05, 4.69) is 53.3 Å². The minimum Gasteiger partial charge on any atom is -0.343 e. The lowest BCUT2D eigenvalue weighted by molar-refractivity contribution is 0.907. The first-order valence-electron chi connectivity index (χ1n) is 5.30. The highest BCUT2D eigenvalue weighted by Gasteiger charge is 2.16. The van der Waals surface area contributed by atoms with Gasteiger partial charge in [-0.25, -0.2) is 0 Å². The first-order chi connectivity index (χ1) is 7.40. The molecule has 1 heteroatoms. The first kappa shape index (κ1) is 8.54. The van der Waals surface area contributed by atoms with Crippen LogP contribution in [0.4, 0.5) is 0 Å². The zero-order valence-corrected chi connectivity index (χ0v) is 8.77. The molecule has 15 heavy (non-hydrogen) atoms. The van der Waals surface area contributed by atoms with Gasteiger partial charge in [0.25, 0.3) is 0 Å². The summed E-state index contributed by atoms with van der Waals surface area (Å²) in [6.07, 6.45) is 8.56. The Morgan fingerprint density at radius 1 is 1.27 bits per heavy atom. The van der Waals surface area contributed by atoms with Crippen LogP contribution in [0.5, 0.6) is 0 Å². The van der Waals surface area contributed by atoms with E-state index in [1.54, 1.807) is 0 Å². The Morgan fingerprint density at radius 3 is 3.07 bits per heavy atom. The van der Waals surface area contributed by atoms with Crippen LogP contribution in [0, 0.1) is 0 Å². The molecule has 0 unspecified atom stereocenters. The molecule has 0 saturated heterocycles. The zero-order chi connectivity index (χ0) is 10.3. The van der Waals surface area contributed by atoms with Gasteiger partial charge < -0.3 is 4.57 Å². The molecule has 1 aliphatic heterocycles. The standard InChI is InChI=1S/C14H13N/c1-2-3-5-12-10-15-9-8-11-6-4-7-13(12)14(11)15/h2-9H,10H2,1H3/b3-2-,12-5+. The fourth-order valence-electron chi connectivity index (χ4n) is 2.28. The summed E-state index contributed by atoms with van der Waals surface area (Å²) in [7, 11) is 0. The molecule has 0 saturated carbocycles. The van der Waals surface area contributed by atoms with Crippen LogP contribution in [-0.2, 0) is 6.54 Å². The molecule has 1 aromatic heterocycles. The van der Waals surface area contributed by atoms with E-state index >= 15 is 0 Å². The highest BCUT2D eigenvalue weighted by Crippen LogP contribution is 2.33. The van der Waals surface area contributed by atoms with Crippen molar-refractivity contribution >= 4 is 16.5 Å². The van der Waals surface area contributed by atoms with Crippen molar-refractivity contribution in [1.29, 1.82) is 0 Å². The summed E-state index contributed by atoms with van der Waals surface area (Å²) in [5.74, 6) is 0. The Balaban J connectivity index is 2.26. The fourth-order valence-corrected chi connectivity index (χ4v) is 2.28. The van der Waals surface area contributed by atoms with Crippen LogP contribution >= 0.6 is 0 Å². The van der Waals surface area contributed by atoms with Gasteiger partial charge in [-0.05, 0) is 18.6 Å². The third-order valence-electron chi connectivity index (χ3n) is 2.96.